The molecular formula is C13H25N3O. The van der Waals surface area contributed by atoms with Crippen LogP contribution in [0.5, 0.6) is 0 Å². The van der Waals surface area contributed by atoms with Crippen molar-refractivity contribution < 1.29 is 5.11 Å². The van der Waals surface area contributed by atoms with Gasteiger partial charge in [0.25, 0.3) is 0 Å². The van der Waals surface area contributed by atoms with Gasteiger partial charge in [0.05, 0.1) is 0 Å². The van der Waals surface area contributed by atoms with Crippen molar-refractivity contribution in [3.8, 4) is 0 Å². The van der Waals surface area contributed by atoms with Gasteiger partial charge in [0.15, 0.2) is 5.82 Å². The number of aryl methyl sites for hydroxylation is 1. The number of aromatic nitrogens is 3. The highest BCUT2D eigenvalue weighted by atomic mass is 16.3. The lowest BCUT2D eigenvalue weighted by Crippen LogP contribution is -2.02. The van der Waals surface area contributed by atoms with Gasteiger partial charge in [0, 0.05) is 6.54 Å². The smallest absolute Gasteiger partial charge is 0.158 e. The van der Waals surface area contributed by atoms with Crippen molar-refractivity contribution in [3.05, 3.63) is 12.2 Å². The first-order chi connectivity index (χ1) is 8.38. The van der Waals surface area contributed by atoms with E-state index < -0.39 is 0 Å². The van der Waals surface area contributed by atoms with Gasteiger partial charge in [0.1, 0.15) is 12.9 Å². The Morgan fingerprint density at radius 3 is 2.35 bits per heavy atom. The molecule has 0 saturated heterocycles. The van der Waals surface area contributed by atoms with Crippen LogP contribution < -0.4 is 0 Å². The largest absolute Gasteiger partial charge is 0.388 e. The van der Waals surface area contributed by atoms with Crippen LogP contribution in [0.4, 0.5) is 0 Å². The van der Waals surface area contributed by atoms with Gasteiger partial charge in [-0.15, -0.1) is 10.2 Å². The zero-order valence-corrected chi connectivity index (χ0v) is 10.9. The van der Waals surface area contributed by atoms with Gasteiger partial charge >= 0.3 is 0 Å². The molecule has 0 aromatic carbocycles. The van der Waals surface area contributed by atoms with Crippen molar-refractivity contribution in [3.63, 3.8) is 0 Å². The summed E-state index contributed by atoms with van der Waals surface area (Å²) in [4.78, 5) is 0. The second kappa shape index (κ2) is 9.16. The predicted octanol–water partition coefficient (Wildman–Crippen LogP) is 2.91. The number of rotatable bonds is 10. The van der Waals surface area contributed by atoms with Crippen LogP contribution in [0, 0.1) is 0 Å². The van der Waals surface area contributed by atoms with Gasteiger partial charge in [-0.3, -0.25) is 0 Å². The zero-order valence-electron chi connectivity index (χ0n) is 10.9. The first-order valence-electron chi connectivity index (χ1n) is 6.86. The number of aliphatic hydroxyl groups is 1. The van der Waals surface area contributed by atoms with Crippen LogP contribution in [0.1, 0.15) is 64.1 Å². The van der Waals surface area contributed by atoms with Crippen molar-refractivity contribution in [1.29, 1.82) is 0 Å². The van der Waals surface area contributed by atoms with Gasteiger partial charge < -0.3 is 9.67 Å². The van der Waals surface area contributed by atoms with Gasteiger partial charge in [-0.1, -0.05) is 51.9 Å². The maximum Gasteiger partial charge on any atom is 0.158 e. The number of aliphatic hydroxyl groups excluding tert-OH is 1. The fraction of sp³-hybridized carbons (Fsp3) is 0.846. The predicted molar refractivity (Wildman–Crippen MR) is 68.6 cm³/mol. The molecule has 0 saturated carbocycles. The average molecular weight is 239 g/mol. The van der Waals surface area contributed by atoms with Gasteiger partial charge in [0.2, 0.25) is 0 Å². The summed E-state index contributed by atoms with van der Waals surface area (Å²) in [5.41, 5.74) is 0. The van der Waals surface area contributed by atoms with Crippen molar-refractivity contribution in [2.75, 3.05) is 0 Å². The lowest BCUT2D eigenvalue weighted by atomic mass is 10.1. The van der Waals surface area contributed by atoms with Crippen molar-refractivity contribution in [2.24, 2.45) is 0 Å². The molecule has 1 aromatic heterocycles. The third-order valence-corrected chi connectivity index (χ3v) is 3.09. The number of nitrogens with zero attached hydrogens (tertiary/aromatic N) is 3. The van der Waals surface area contributed by atoms with Crippen LogP contribution >= 0.6 is 0 Å². The molecule has 0 radical (unpaired) electrons. The van der Waals surface area contributed by atoms with E-state index in [9.17, 15) is 0 Å². The maximum atomic E-state index is 9.01. The van der Waals surface area contributed by atoms with Gasteiger partial charge in [-0.05, 0) is 6.42 Å². The molecule has 0 unspecified atom stereocenters. The Morgan fingerprint density at radius 1 is 1.06 bits per heavy atom. The Kier molecular flexibility index (Phi) is 7.63. The first kappa shape index (κ1) is 14.2. The van der Waals surface area contributed by atoms with E-state index in [2.05, 4.69) is 17.1 Å². The zero-order chi connectivity index (χ0) is 12.3. The van der Waals surface area contributed by atoms with Crippen LogP contribution in [-0.4, -0.2) is 19.9 Å². The van der Waals surface area contributed by atoms with Crippen LogP contribution in [-0.2, 0) is 13.2 Å². The van der Waals surface area contributed by atoms with Crippen molar-refractivity contribution in [1.82, 2.24) is 14.8 Å². The summed E-state index contributed by atoms with van der Waals surface area (Å²) in [7, 11) is 0. The Labute approximate surface area is 104 Å². The Bertz CT molecular complexity index is 286. The molecule has 0 bridgehead atoms. The lowest BCUT2D eigenvalue weighted by molar-refractivity contribution is 0.264. The van der Waals surface area contributed by atoms with E-state index in [1.807, 2.05) is 4.57 Å². The topological polar surface area (TPSA) is 50.9 Å². The normalized spacial score (nSPS) is 10.9. The highest BCUT2D eigenvalue weighted by Gasteiger charge is 2.01. The quantitative estimate of drug-likeness (QED) is 0.639. The number of hydrogen-bond acceptors (Lipinski definition) is 3. The van der Waals surface area contributed by atoms with E-state index in [1.165, 1.54) is 44.9 Å². The van der Waals surface area contributed by atoms with Crippen LogP contribution in [0.25, 0.3) is 0 Å². The molecule has 0 aliphatic heterocycles. The third-order valence-electron chi connectivity index (χ3n) is 3.09. The Morgan fingerprint density at radius 2 is 1.71 bits per heavy atom. The molecule has 0 aliphatic rings. The molecular weight excluding hydrogens is 214 g/mol. The summed E-state index contributed by atoms with van der Waals surface area (Å²) in [5.74, 6) is 0.674. The molecule has 1 N–H and O–H groups in total. The summed E-state index contributed by atoms with van der Waals surface area (Å²) in [5, 5.41) is 16.6. The number of unbranched alkanes of at least 4 members (excludes halogenated alkanes) is 7. The van der Waals surface area contributed by atoms with Gasteiger partial charge in [-0.25, -0.2) is 0 Å². The minimum Gasteiger partial charge on any atom is -0.388 e. The van der Waals surface area contributed by atoms with Crippen molar-refractivity contribution in [2.45, 2.75) is 71.4 Å². The van der Waals surface area contributed by atoms with E-state index in [-0.39, 0.29) is 6.61 Å². The second-order valence-corrected chi connectivity index (χ2v) is 4.57. The van der Waals surface area contributed by atoms with E-state index in [0.29, 0.717) is 5.82 Å². The molecule has 0 aliphatic carbocycles. The Hall–Kier alpha value is -0.900. The monoisotopic (exact) mass is 239 g/mol. The SMILES string of the molecule is CCCCCCCCCCn1cnnc1CO. The van der Waals surface area contributed by atoms with Crippen LogP contribution in [0.15, 0.2) is 6.33 Å². The lowest BCUT2D eigenvalue weighted by Gasteiger charge is -2.04. The maximum absolute atomic E-state index is 9.01. The molecule has 1 heterocycles. The molecule has 4 nitrogen and oxygen atoms in total. The summed E-state index contributed by atoms with van der Waals surface area (Å²) in [6, 6.07) is 0. The standard InChI is InChI=1S/C13H25N3O/c1-2-3-4-5-6-7-8-9-10-16-12-14-15-13(16)11-17/h12,17H,2-11H2,1H3. The molecule has 17 heavy (non-hydrogen) atoms. The summed E-state index contributed by atoms with van der Waals surface area (Å²) in [6.07, 6.45) is 12.2. The highest BCUT2D eigenvalue weighted by Crippen LogP contribution is 2.09. The second-order valence-electron chi connectivity index (χ2n) is 4.57. The van der Waals surface area contributed by atoms with Crippen LogP contribution in [0.3, 0.4) is 0 Å². The minimum atomic E-state index is -0.0168. The molecule has 1 aromatic rings. The summed E-state index contributed by atoms with van der Waals surface area (Å²) in [6.45, 7) is 3.16. The van der Waals surface area contributed by atoms with E-state index in [1.54, 1.807) is 6.33 Å². The Balaban J connectivity index is 1.97. The molecule has 0 spiro atoms. The summed E-state index contributed by atoms with van der Waals surface area (Å²) < 4.78 is 1.94. The van der Waals surface area contributed by atoms with Gasteiger partial charge in [-0.2, -0.15) is 0 Å². The van der Waals surface area contributed by atoms with E-state index in [4.69, 9.17) is 5.11 Å². The first-order valence-corrected chi connectivity index (χ1v) is 6.86. The highest BCUT2D eigenvalue weighted by molar-refractivity contribution is 4.81. The average Bonchev–Trinajstić information content (AvgIpc) is 2.80. The number of hydrogen-bond donors (Lipinski definition) is 1. The fourth-order valence-electron chi connectivity index (χ4n) is 2.00. The molecule has 4 heteroatoms. The fourth-order valence-corrected chi connectivity index (χ4v) is 2.00. The minimum absolute atomic E-state index is 0.0168. The third kappa shape index (κ3) is 5.82. The molecule has 0 fully saturated rings. The molecule has 0 atom stereocenters. The van der Waals surface area contributed by atoms with E-state index >= 15 is 0 Å². The molecule has 1 rings (SSSR count). The molecule has 98 valence electrons. The van der Waals surface area contributed by atoms with E-state index in [0.717, 1.165) is 13.0 Å². The molecule has 0 amide bonds. The van der Waals surface area contributed by atoms with Crippen LogP contribution in [0.2, 0.25) is 0 Å². The van der Waals surface area contributed by atoms with Crippen molar-refractivity contribution >= 4 is 0 Å². The summed E-state index contributed by atoms with van der Waals surface area (Å²) >= 11 is 0.